The first-order valence-corrected chi connectivity index (χ1v) is 7.95. The smallest absolute Gasteiger partial charge is 0.276 e. The molecule has 1 unspecified atom stereocenters. The van der Waals surface area contributed by atoms with Gasteiger partial charge in [-0.2, -0.15) is 9.37 Å². The Labute approximate surface area is 152 Å². The molecule has 0 N–H and O–H groups in total. The summed E-state index contributed by atoms with van der Waals surface area (Å²) in [7, 11) is 1.56. The zero-order valence-electron chi connectivity index (χ0n) is 14.8. The number of aromatic nitrogens is 3. The quantitative estimate of drug-likeness (QED) is 0.650. The maximum absolute atomic E-state index is 13.6. The number of amides is 1. The van der Waals surface area contributed by atoms with E-state index < -0.39 is 23.6 Å². The lowest BCUT2D eigenvalue weighted by atomic mass is 10.2. The maximum atomic E-state index is 13.6. The fourth-order valence-corrected chi connectivity index (χ4v) is 2.22. The van der Waals surface area contributed by atoms with Crippen molar-refractivity contribution in [3.63, 3.8) is 0 Å². The van der Waals surface area contributed by atoms with Crippen LogP contribution in [0.2, 0.25) is 0 Å². The molecule has 3 rings (SSSR count). The molecule has 0 aliphatic heterocycles. The number of nitrogens with zero attached hydrogens (tertiary/aromatic N) is 4. The van der Waals surface area contributed by atoms with Gasteiger partial charge >= 0.3 is 0 Å². The second-order valence-electron chi connectivity index (χ2n) is 5.74. The van der Waals surface area contributed by atoms with Crippen LogP contribution in [0.25, 0.3) is 0 Å². The standard InChI is InChI=1S/C17H16F2N4O4/c1-9(16-20-10(2)22-27-16)23(3)17(24)12-7-26-14(21-12)8-25-13-6-4-5-11(18)15(13)19/h4-7,9H,8H2,1-3H3. The molecule has 142 valence electrons. The van der Waals surface area contributed by atoms with E-state index in [0.717, 1.165) is 12.3 Å². The number of halogens is 2. The van der Waals surface area contributed by atoms with Crippen molar-refractivity contribution < 1.29 is 27.3 Å². The van der Waals surface area contributed by atoms with E-state index in [1.165, 1.54) is 17.0 Å². The number of carbonyl (C=O) groups is 1. The van der Waals surface area contributed by atoms with Gasteiger partial charge in [0, 0.05) is 7.05 Å². The van der Waals surface area contributed by atoms with Crippen molar-refractivity contribution in [1.29, 1.82) is 0 Å². The first-order chi connectivity index (χ1) is 12.9. The predicted octanol–water partition coefficient (Wildman–Crippen LogP) is 3.06. The Hall–Kier alpha value is -3.30. The molecular formula is C17H16F2N4O4. The van der Waals surface area contributed by atoms with E-state index in [0.29, 0.717) is 5.82 Å². The molecule has 27 heavy (non-hydrogen) atoms. The highest BCUT2D eigenvalue weighted by Crippen LogP contribution is 2.21. The van der Waals surface area contributed by atoms with Gasteiger partial charge in [-0.15, -0.1) is 0 Å². The SMILES string of the molecule is Cc1noc(C(C)N(C)C(=O)c2coc(COc3cccc(F)c3F)n2)n1. The fraction of sp³-hybridized carbons (Fsp3) is 0.294. The van der Waals surface area contributed by atoms with Gasteiger partial charge in [-0.1, -0.05) is 11.2 Å². The molecule has 0 fully saturated rings. The third-order valence-corrected chi connectivity index (χ3v) is 3.84. The van der Waals surface area contributed by atoms with Gasteiger partial charge in [0.15, 0.2) is 29.7 Å². The zero-order valence-corrected chi connectivity index (χ0v) is 14.8. The van der Waals surface area contributed by atoms with Gasteiger partial charge in [-0.3, -0.25) is 4.79 Å². The molecule has 1 amide bonds. The Kier molecular flexibility index (Phi) is 5.15. The Balaban J connectivity index is 1.65. The summed E-state index contributed by atoms with van der Waals surface area (Å²) < 4.78 is 42.1. The van der Waals surface area contributed by atoms with Crippen LogP contribution in [0, 0.1) is 18.6 Å². The molecule has 0 saturated heterocycles. The Morgan fingerprint density at radius 1 is 1.33 bits per heavy atom. The molecule has 2 aromatic heterocycles. The molecule has 0 bridgehead atoms. The number of hydrogen-bond donors (Lipinski definition) is 0. The van der Waals surface area contributed by atoms with E-state index in [2.05, 4.69) is 15.1 Å². The van der Waals surface area contributed by atoms with Gasteiger partial charge in [-0.05, 0) is 26.0 Å². The molecule has 8 nitrogen and oxygen atoms in total. The number of benzene rings is 1. The van der Waals surface area contributed by atoms with E-state index in [1.807, 2.05) is 0 Å². The summed E-state index contributed by atoms with van der Waals surface area (Å²) in [6.07, 6.45) is 1.16. The third kappa shape index (κ3) is 3.94. The average Bonchev–Trinajstić information content (AvgIpc) is 3.30. The molecule has 1 aromatic carbocycles. The van der Waals surface area contributed by atoms with Gasteiger partial charge in [-0.25, -0.2) is 9.37 Å². The normalized spacial score (nSPS) is 12.0. The number of aryl methyl sites for hydroxylation is 1. The van der Waals surface area contributed by atoms with Crippen molar-refractivity contribution in [1.82, 2.24) is 20.0 Å². The molecule has 1 atom stereocenters. The van der Waals surface area contributed by atoms with Crippen molar-refractivity contribution in [3.05, 3.63) is 59.4 Å². The zero-order chi connectivity index (χ0) is 19.6. The van der Waals surface area contributed by atoms with Crippen LogP contribution in [0.4, 0.5) is 8.78 Å². The van der Waals surface area contributed by atoms with Gasteiger partial charge in [0.2, 0.25) is 17.6 Å². The van der Waals surface area contributed by atoms with Crippen LogP contribution in [0.5, 0.6) is 5.75 Å². The Bertz CT molecular complexity index is 956. The summed E-state index contributed by atoms with van der Waals surface area (Å²) >= 11 is 0. The molecule has 0 aliphatic rings. The highest BCUT2D eigenvalue weighted by Gasteiger charge is 2.25. The molecule has 0 radical (unpaired) electrons. The highest BCUT2D eigenvalue weighted by molar-refractivity contribution is 5.92. The first kappa shape index (κ1) is 18.5. The number of hydrogen-bond acceptors (Lipinski definition) is 7. The van der Waals surface area contributed by atoms with Crippen LogP contribution in [-0.4, -0.2) is 33.0 Å². The molecular weight excluding hydrogens is 362 g/mol. The Morgan fingerprint density at radius 2 is 2.11 bits per heavy atom. The summed E-state index contributed by atoms with van der Waals surface area (Å²) in [6, 6.07) is 3.09. The summed E-state index contributed by atoms with van der Waals surface area (Å²) in [6.45, 7) is 3.13. The summed E-state index contributed by atoms with van der Waals surface area (Å²) in [5, 5.41) is 3.69. The summed E-state index contributed by atoms with van der Waals surface area (Å²) in [5.41, 5.74) is 0.0268. The number of ether oxygens (including phenoxy) is 1. The minimum absolute atomic E-state index is 0.0268. The minimum Gasteiger partial charge on any atom is -0.481 e. The summed E-state index contributed by atoms with van der Waals surface area (Å²) in [5.74, 6) is -2.06. The van der Waals surface area contributed by atoms with Crippen LogP contribution in [-0.2, 0) is 6.61 Å². The van der Waals surface area contributed by atoms with E-state index in [9.17, 15) is 13.6 Å². The minimum atomic E-state index is -1.11. The number of carbonyl (C=O) groups excluding carboxylic acids is 1. The molecule has 10 heteroatoms. The largest absolute Gasteiger partial charge is 0.481 e. The summed E-state index contributed by atoms with van der Waals surface area (Å²) in [4.78, 5) is 22.0. The van der Waals surface area contributed by atoms with Crippen LogP contribution >= 0.6 is 0 Å². The predicted molar refractivity (Wildman–Crippen MR) is 86.7 cm³/mol. The average molecular weight is 378 g/mol. The third-order valence-electron chi connectivity index (χ3n) is 3.84. The van der Waals surface area contributed by atoms with Crippen LogP contribution in [0.15, 0.2) is 33.4 Å². The van der Waals surface area contributed by atoms with Crippen LogP contribution < -0.4 is 4.74 Å². The van der Waals surface area contributed by atoms with E-state index in [4.69, 9.17) is 13.7 Å². The molecule has 3 aromatic rings. The molecule has 0 aliphatic carbocycles. The van der Waals surface area contributed by atoms with E-state index >= 15 is 0 Å². The van der Waals surface area contributed by atoms with Crippen molar-refractivity contribution in [3.8, 4) is 5.75 Å². The fourth-order valence-electron chi connectivity index (χ4n) is 2.22. The van der Waals surface area contributed by atoms with Gasteiger partial charge in [0.05, 0.1) is 0 Å². The first-order valence-electron chi connectivity index (χ1n) is 7.95. The lowest BCUT2D eigenvalue weighted by Crippen LogP contribution is -2.30. The van der Waals surface area contributed by atoms with Crippen molar-refractivity contribution in [2.75, 3.05) is 7.05 Å². The lowest BCUT2D eigenvalue weighted by molar-refractivity contribution is 0.0710. The van der Waals surface area contributed by atoms with Crippen molar-refractivity contribution in [2.45, 2.75) is 26.5 Å². The number of rotatable bonds is 6. The maximum Gasteiger partial charge on any atom is 0.276 e. The van der Waals surface area contributed by atoms with Gasteiger partial charge in [0.1, 0.15) is 12.3 Å². The van der Waals surface area contributed by atoms with E-state index in [1.54, 1.807) is 20.9 Å². The van der Waals surface area contributed by atoms with Crippen molar-refractivity contribution >= 4 is 5.91 Å². The second-order valence-corrected chi connectivity index (χ2v) is 5.74. The van der Waals surface area contributed by atoms with Gasteiger partial charge in [0.25, 0.3) is 5.91 Å². The monoisotopic (exact) mass is 378 g/mol. The molecule has 2 heterocycles. The number of oxazole rings is 1. The van der Waals surface area contributed by atoms with Crippen LogP contribution in [0.1, 0.15) is 41.1 Å². The highest BCUT2D eigenvalue weighted by atomic mass is 19.2. The lowest BCUT2D eigenvalue weighted by Gasteiger charge is -2.20. The molecule has 0 saturated carbocycles. The topological polar surface area (TPSA) is 94.5 Å². The second kappa shape index (κ2) is 7.52. The van der Waals surface area contributed by atoms with E-state index in [-0.39, 0.29) is 29.8 Å². The van der Waals surface area contributed by atoms with Gasteiger partial charge < -0.3 is 18.6 Å². The van der Waals surface area contributed by atoms with Crippen LogP contribution in [0.3, 0.4) is 0 Å². The van der Waals surface area contributed by atoms with Crippen molar-refractivity contribution in [2.24, 2.45) is 0 Å². The molecule has 0 spiro atoms. The Morgan fingerprint density at radius 3 is 2.81 bits per heavy atom.